The zero-order valence-corrected chi connectivity index (χ0v) is 6.86. The quantitative estimate of drug-likeness (QED) is 0.665. The van der Waals surface area contributed by atoms with Crippen LogP contribution in [0.25, 0.3) is 0 Å². The summed E-state index contributed by atoms with van der Waals surface area (Å²) >= 11 is 4.95. The third-order valence-corrected chi connectivity index (χ3v) is 1.54. The van der Waals surface area contributed by atoms with Crippen molar-refractivity contribution in [2.24, 2.45) is 0 Å². The average Bonchev–Trinajstić information content (AvgIpc) is 2.03. The van der Waals surface area contributed by atoms with Gasteiger partial charge in [-0.15, -0.1) is 0 Å². The van der Waals surface area contributed by atoms with Gasteiger partial charge in [0, 0.05) is 18.0 Å². The standard InChI is InChI=1S/C7H3ClF3NO/c8-6(13)4-1-2-12-3-5(4)7(9,10)11/h1-3H. The summed E-state index contributed by atoms with van der Waals surface area (Å²) in [6.07, 6.45) is -2.96. The van der Waals surface area contributed by atoms with Gasteiger partial charge in [-0.2, -0.15) is 13.2 Å². The van der Waals surface area contributed by atoms with Crippen LogP contribution in [-0.4, -0.2) is 10.2 Å². The Morgan fingerprint density at radius 2 is 2.08 bits per heavy atom. The lowest BCUT2D eigenvalue weighted by atomic mass is 10.1. The van der Waals surface area contributed by atoms with Crippen molar-refractivity contribution in [1.29, 1.82) is 0 Å². The summed E-state index contributed by atoms with van der Waals surface area (Å²) in [4.78, 5) is 13.8. The summed E-state index contributed by atoms with van der Waals surface area (Å²) in [7, 11) is 0. The van der Waals surface area contributed by atoms with Crippen LogP contribution in [0.3, 0.4) is 0 Å². The molecule has 0 amide bonds. The van der Waals surface area contributed by atoms with Crippen LogP contribution in [0.4, 0.5) is 13.2 Å². The highest BCUT2D eigenvalue weighted by Crippen LogP contribution is 2.31. The lowest BCUT2D eigenvalue weighted by Gasteiger charge is -2.08. The molecule has 0 aliphatic heterocycles. The smallest absolute Gasteiger partial charge is 0.276 e. The summed E-state index contributed by atoms with van der Waals surface area (Å²) in [5, 5.41) is -1.14. The van der Waals surface area contributed by atoms with Gasteiger partial charge in [-0.1, -0.05) is 0 Å². The van der Waals surface area contributed by atoms with Crippen molar-refractivity contribution in [3.05, 3.63) is 29.6 Å². The third-order valence-electron chi connectivity index (χ3n) is 1.34. The molecule has 1 aromatic rings. The van der Waals surface area contributed by atoms with Gasteiger partial charge in [0.15, 0.2) is 0 Å². The van der Waals surface area contributed by atoms with Gasteiger partial charge in [0.2, 0.25) is 0 Å². The molecular weight excluding hydrogens is 207 g/mol. The summed E-state index contributed by atoms with van der Waals surface area (Å²) < 4.78 is 36.5. The fourth-order valence-corrected chi connectivity index (χ4v) is 0.957. The molecule has 0 unspecified atom stereocenters. The lowest BCUT2D eigenvalue weighted by Crippen LogP contribution is -2.11. The highest BCUT2D eigenvalue weighted by atomic mass is 35.5. The Morgan fingerprint density at radius 1 is 1.46 bits per heavy atom. The number of pyridine rings is 1. The Hall–Kier alpha value is -1.10. The molecule has 0 aliphatic rings. The van der Waals surface area contributed by atoms with Crippen LogP contribution in [0.1, 0.15) is 15.9 Å². The molecule has 6 heteroatoms. The first-order chi connectivity index (χ1) is 5.93. The predicted octanol–water partition coefficient (Wildman–Crippen LogP) is 2.48. The van der Waals surface area contributed by atoms with E-state index in [0.717, 1.165) is 12.3 Å². The van der Waals surface area contributed by atoms with E-state index in [1.807, 2.05) is 0 Å². The maximum Gasteiger partial charge on any atom is 0.418 e. The number of carbonyl (C=O) groups is 1. The largest absolute Gasteiger partial charge is 0.418 e. The molecule has 1 rings (SSSR count). The molecule has 0 bridgehead atoms. The van der Waals surface area contributed by atoms with Crippen LogP contribution in [0, 0.1) is 0 Å². The number of hydrogen-bond donors (Lipinski definition) is 0. The predicted molar refractivity (Wildman–Crippen MR) is 39.4 cm³/mol. The molecule has 0 aromatic carbocycles. The Labute approximate surface area is 76.3 Å². The number of aromatic nitrogens is 1. The molecule has 1 heterocycles. The molecule has 0 aliphatic carbocycles. The topological polar surface area (TPSA) is 30.0 Å². The van der Waals surface area contributed by atoms with Gasteiger partial charge in [-0.25, -0.2) is 0 Å². The van der Waals surface area contributed by atoms with Gasteiger partial charge in [-0.05, 0) is 17.7 Å². The van der Waals surface area contributed by atoms with E-state index >= 15 is 0 Å². The van der Waals surface area contributed by atoms with Gasteiger partial charge in [-0.3, -0.25) is 9.78 Å². The van der Waals surface area contributed by atoms with E-state index in [-0.39, 0.29) is 0 Å². The lowest BCUT2D eigenvalue weighted by molar-refractivity contribution is -0.138. The maximum absolute atomic E-state index is 12.2. The van der Waals surface area contributed by atoms with E-state index in [2.05, 4.69) is 4.98 Å². The molecule has 0 saturated carbocycles. The number of hydrogen-bond acceptors (Lipinski definition) is 2. The Kier molecular flexibility index (Phi) is 2.56. The second-order valence-corrected chi connectivity index (χ2v) is 2.54. The van der Waals surface area contributed by atoms with Crippen LogP contribution in [0.2, 0.25) is 0 Å². The first-order valence-corrected chi connectivity index (χ1v) is 3.52. The minimum atomic E-state index is -4.60. The summed E-state index contributed by atoms with van der Waals surface area (Å²) in [6, 6.07) is 0.929. The fourth-order valence-electron chi connectivity index (χ4n) is 0.792. The van der Waals surface area contributed by atoms with Gasteiger partial charge in [0.25, 0.3) is 5.24 Å². The molecule has 0 saturated heterocycles. The van der Waals surface area contributed by atoms with Gasteiger partial charge in [0.1, 0.15) is 0 Å². The molecule has 0 spiro atoms. The van der Waals surface area contributed by atoms with Crippen LogP contribution < -0.4 is 0 Å². The third kappa shape index (κ3) is 2.18. The van der Waals surface area contributed by atoms with E-state index < -0.39 is 22.5 Å². The molecule has 1 aromatic heterocycles. The van der Waals surface area contributed by atoms with Gasteiger partial charge >= 0.3 is 6.18 Å². The van der Waals surface area contributed by atoms with Crippen molar-refractivity contribution in [3.8, 4) is 0 Å². The number of halogens is 4. The Balaban J connectivity index is 3.28. The van der Waals surface area contributed by atoms with Gasteiger partial charge < -0.3 is 0 Å². The summed E-state index contributed by atoms with van der Waals surface area (Å²) in [5.74, 6) is 0. The average molecular weight is 210 g/mol. The normalized spacial score (nSPS) is 11.4. The monoisotopic (exact) mass is 209 g/mol. The highest BCUT2D eigenvalue weighted by Gasteiger charge is 2.34. The number of nitrogens with zero attached hydrogens (tertiary/aromatic N) is 1. The number of rotatable bonds is 1. The second-order valence-electron chi connectivity index (χ2n) is 2.19. The Bertz CT molecular complexity index is 337. The minimum Gasteiger partial charge on any atom is -0.276 e. The van der Waals surface area contributed by atoms with Crippen LogP contribution in [0.5, 0.6) is 0 Å². The first kappa shape index (κ1) is 9.98. The molecule has 13 heavy (non-hydrogen) atoms. The van der Waals surface area contributed by atoms with Crippen molar-refractivity contribution in [3.63, 3.8) is 0 Å². The van der Waals surface area contributed by atoms with Crippen LogP contribution in [-0.2, 0) is 6.18 Å². The fraction of sp³-hybridized carbons (Fsp3) is 0.143. The second kappa shape index (κ2) is 3.33. The van der Waals surface area contributed by atoms with E-state index in [9.17, 15) is 18.0 Å². The zero-order valence-electron chi connectivity index (χ0n) is 6.10. The number of alkyl halides is 3. The van der Waals surface area contributed by atoms with Crippen molar-refractivity contribution in [1.82, 2.24) is 4.98 Å². The molecular formula is C7H3ClF3NO. The molecule has 70 valence electrons. The molecule has 0 fully saturated rings. The molecule has 0 N–H and O–H groups in total. The van der Waals surface area contributed by atoms with E-state index in [1.54, 1.807) is 0 Å². The Morgan fingerprint density at radius 3 is 2.46 bits per heavy atom. The summed E-state index contributed by atoms with van der Waals surface area (Å²) in [6.45, 7) is 0. The van der Waals surface area contributed by atoms with E-state index in [0.29, 0.717) is 6.20 Å². The first-order valence-electron chi connectivity index (χ1n) is 3.14. The van der Waals surface area contributed by atoms with E-state index in [4.69, 9.17) is 11.6 Å². The SMILES string of the molecule is O=C(Cl)c1ccncc1C(F)(F)F. The van der Waals surface area contributed by atoms with Crippen molar-refractivity contribution in [2.45, 2.75) is 6.18 Å². The van der Waals surface area contributed by atoms with Crippen LogP contribution >= 0.6 is 11.6 Å². The summed E-state index contributed by atoms with van der Waals surface area (Å²) in [5.41, 5.74) is -1.70. The molecule has 0 atom stereocenters. The van der Waals surface area contributed by atoms with Crippen LogP contribution in [0.15, 0.2) is 18.5 Å². The number of carbonyl (C=O) groups excluding carboxylic acids is 1. The maximum atomic E-state index is 12.2. The van der Waals surface area contributed by atoms with E-state index in [1.165, 1.54) is 0 Å². The van der Waals surface area contributed by atoms with Crippen molar-refractivity contribution >= 4 is 16.8 Å². The molecule has 2 nitrogen and oxygen atoms in total. The minimum absolute atomic E-state index is 0.565. The van der Waals surface area contributed by atoms with Gasteiger partial charge in [0.05, 0.1) is 5.56 Å². The van der Waals surface area contributed by atoms with Crippen molar-refractivity contribution in [2.75, 3.05) is 0 Å². The highest BCUT2D eigenvalue weighted by molar-refractivity contribution is 6.67. The van der Waals surface area contributed by atoms with Crippen molar-refractivity contribution < 1.29 is 18.0 Å². The molecule has 0 radical (unpaired) electrons. The zero-order chi connectivity index (χ0) is 10.1.